The van der Waals surface area contributed by atoms with Gasteiger partial charge in [-0.3, -0.25) is 9.59 Å². The van der Waals surface area contributed by atoms with Crippen LogP contribution in [0.4, 0.5) is 0 Å². The van der Waals surface area contributed by atoms with E-state index in [1.54, 1.807) is 24.3 Å². The Bertz CT molecular complexity index is 719. The van der Waals surface area contributed by atoms with E-state index in [1.165, 1.54) is 0 Å². The standard InChI is InChI=1S/C18H18BrClN2O2/c1-12(13-6-8-14(19)9-7-13)22-17(23)10-11-21-18(24)15-4-2-3-5-16(15)20/h2-9,12H,10-11H2,1H3,(H,21,24)(H,22,23)/t12-/m1/s1. The number of carbonyl (C=O) groups excluding carboxylic acids is 2. The minimum Gasteiger partial charge on any atom is -0.351 e. The Labute approximate surface area is 154 Å². The Balaban J connectivity index is 1.78. The van der Waals surface area contributed by atoms with Crippen molar-refractivity contribution >= 4 is 39.3 Å². The van der Waals surface area contributed by atoms with Crippen LogP contribution < -0.4 is 10.6 Å². The van der Waals surface area contributed by atoms with Gasteiger partial charge in [-0.25, -0.2) is 0 Å². The molecule has 1 atom stereocenters. The van der Waals surface area contributed by atoms with E-state index in [0.29, 0.717) is 10.6 Å². The molecule has 0 radical (unpaired) electrons. The summed E-state index contributed by atoms with van der Waals surface area (Å²) in [4.78, 5) is 24.0. The summed E-state index contributed by atoms with van der Waals surface area (Å²) >= 11 is 9.35. The van der Waals surface area contributed by atoms with Crippen LogP contribution in [0, 0.1) is 0 Å². The Kier molecular flexibility index (Phi) is 6.82. The first-order valence-electron chi connectivity index (χ1n) is 7.55. The normalized spacial score (nSPS) is 11.6. The van der Waals surface area contributed by atoms with Crippen molar-refractivity contribution in [2.45, 2.75) is 19.4 Å². The molecule has 2 aromatic rings. The minimum absolute atomic E-state index is 0.0927. The number of benzene rings is 2. The third-order valence-corrected chi connectivity index (χ3v) is 4.36. The molecule has 24 heavy (non-hydrogen) atoms. The summed E-state index contributed by atoms with van der Waals surface area (Å²) in [6, 6.07) is 14.5. The lowest BCUT2D eigenvalue weighted by Gasteiger charge is -2.14. The number of hydrogen-bond donors (Lipinski definition) is 2. The second-order valence-corrected chi connectivity index (χ2v) is 6.65. The molecule has 4 nitrogen and oxygen atoms in total. The van der Waals surface area contributed by atoms with E-state index < -0.39 is 0 Å². The van der Waals surface area contributed by atoms with E-state index in [-0.39, 0.29) is 30.8 Å². The quantitative estimate of drug-likeness (QED) is 0.754. The van der Waals surface area contributed by atoms with Crippen molar-refractivity contribution < 1.29 is 9.59 Å². The van der Waals surface area contributed by atoms with Crippen LogP contribution in [0.15, 0.2) is 53.0 Å². The molecule has 2 rings (SSSR count). The minimum atomic E-state index is -0.283. The predicted octanol–water partition coefficient (Wildman–Crippen LogP) is 4.10. The van der Waals surface area contributed by atoms with Crippen molar-refractivity contribution in [3.63, 3.8) is 0 Å². The van der Waals surface area contributed by atoms with Gasteiger partial charge in [-0.15, -0.1) is 0 Å². The van der Waals surface area contributed by atoms with Crippen molar-refractivity contribution in [3.05, 3.63) is 69.2 Å². The lowest BCUT2D eigenvalue weighted by Crippen LogP contribution is -2.32. The summed E-state index contributed by atoms with van der Waals surface area (Å²) in [7, 11) is 0. The summed E-state index contributed by atoms with van der Waals surface area (Å²) < 4.78 is 0.993. The number of carbonyl (C=O) groups is 2. The average molecular weight is 410 g/mol. The molecule has 6 heteroatoms. The first-order valence-corrected chi connectivity index (χ1v) is 8.72. The highest BCUT2D eigenvalue weighted by molar-refractivity contribution is 9.10. The number of rotatable bonds is 6. The highest BCUT2D eigenvalue weighted by Gasteiger charge is 2.12. The second-order valence-electron chi connectivity index (χ2n) is 5.33. The topological polar surface area (TPSA) is 58.2 Å². The van der Waals surface area contributed by atoms with E-state index in [0.717, 1.165) is 10.0 Å². The van der Waals surface area contributed by atoms with Crippen LogP contribution in [0.5, 0.6) is 0 Å². The molecule has 0 fully saturated rings. The molecule has 0 aliphatic heterocycles. The zero-order valence-corrected chi connectivity index (χ0v) is 15.5. The lowest BCUT2D eigenvalue weighted by molar-refractivity contribution is -0.121. The van der Waals surface area contributed by atoms with Crippen molar-refractivity contribution in [1.29, 1.82) is 0 Å². The maximum Gasteiger partial charge on any atom is 0.252 e. The number of amides is 2. The van der Waals surface area contributed by atoms with Gasteiger partial charge in [0.05, 0.1) is 16.6 Å². The van der Waals surface area contributed by atoms with Gasteiger partial charge < -0.3 is 10.6 Å². The van der Waals surface area contributed by atoms with Crippen LogP contribution in [0.2, 0.25) is 5.02 Å². The predicted molar refractivity (Wildman–Crippen MR) is 99.1 cm³/mol. The van der Waals surface area contributed by atoms with Crippen molar-refractivity contribution in [3.8, 4) is 0 Å². The smallest absolute Gasteiger partial charge is 0.252 e. The Morgan fingerprint density at radius 1 is 1.12 bits per heavy atom. The maximum absolute atomic E-state index is 12.0. The molecule has 126 valence electrons. The van der Waals surface area contributed by atoms with Crippen LogP contribution in [0.1, 0.15) is 35.3 Å². The van der Waals surface area contributed by atoms with Crippen molar-refractivity contribution in [2.24, 2.45) is 0 Å². The molecule has 0 aliphatic carbocycles. The molecule has 2 amide bonds. The van der Waals surface area contributed by atoms with Gasteiger partial charge in [0.2, 0.25) is 5.91 Å². The van der Waals surface area contributed by atoms with Gasteiger partial charge in [0.15, 0.2) is 0 Å². The highest BCUT2D eigenvalue weighted by Crippen LogP contribution is 2.16. The third kappa shape index (κ3) is 5.35. The van der Waals surface area contributed by atoms with Crippen LogP contribution in [-0.4, -0.2) is 18.4 Å². The van der Waals surface area contributed by atoms with Gasteiger partial charge in [-0.05, 0) is 36.8 Å². The SMILES string of the molecule is C[C@@H](NC(=O)CCNC(=O)c1ccccc1Cl)c1ccc(Br)cc1. The number of halogens is 2. The Morgan fingerprint density at radius 3 is 2.46 bits per heavy atom. The van der Waals surface area contributed by atoms with E-state index in [9.17, 15) is 9.59 Å². The van der Waals surface area contributed by atoms with Crippen LogP contribution in [-0.2, 0) is 4.79 Å². The molecule has 2 aromatic carbocycles. The van der Waals surface area contributed by atoms with Gasteiger partial charge in [0.1, 0.15) is 0 Å². The first kappa shape index (κ1) is 18.5. The van der Waals surface area contributed by atoms with Gasteiger partial charge in [-0.1, -0.05) is 51.8 Å². The van der Waals surface area contributed by atoms with E-state index in [2.05, 4.69) is 26.6 Å². The van der Waals surface area contributed by atoms with Crippen LogP contribution in [0.3, 0.4) is 0 Å². The van der Waals surface area contributed by atoms with E-state index in [4.69, 9.17) is 11.6 Å². The molecule has 0 bridgehead atoms. The number of hydrogen-bond acceptors (Lipinski definition) is 2. The molecule has 0 aromatic heterocycles. The van der Waals surface area contributed by atoms with E-state index in [1.807, 2.05) is 31.2 Å². The molecule has 0 spiro atoms. The number of nitrogens with one attached hydrogen (secondary N) is 2. The fourth-order valence-electron chi connectivity index (χ4n) is 2.18. The van der Waals surface area contributed by atoms with Crippen molar-refractivity contribution in [2.75, 3.05) is 6.54 Å². The summed E-state index contributed by atoms with van der Waals surface area (Å²) in [6.07, 6.45) is 0.205. The third-order valence-electron chi connectivity index (χ3n) is 3.50. The summed E-state index contributed by atoms with van der Waals surface area (Å²) in [5.74, 6) is -0.403. The van der Waals surface area contributed by atoms with Crippen molar-refractivity contribution in [1.82, 2.24) is 10.6 Å². The molecular formula is C18H18BrClN2O2. The molecule has 2 N–H and O–H groups in total. The fraction of sp³-hybridized carbons (Fsp3) is 0.222. The molecule has 0 aliphatic rings. The zero-order valence-electron chi connectivity index (χ0n) is 13.2. The van der Waals surface area contributed by atoms with E-state index >= 15 is 0 Å². The van der Waals surface area contributed by atoms with Crippen LogP contribution >= 0.6 is 27.5 Å². The van der Waals surface area contributed by atoms with Gasteiger partial charge in [0.25, 0.3) is 5.91 Å². The van der Waals surface area contributed by atoms with Gasteiger partial charge >= 0.3 is 0 Å². The highest BCUT2D eigenvalue weighted by atomic mass is 79.9. The lowest BCUT2D eigenvalue weighted by atomic mass is 10.1. The van der Waals surface area contributed by atoms with Crippen LogP contribution in [0.25, 0.3) is 0 Å². The Hall–Kier alpha value is -1.85. The maximum atomic E-state index is 12.0. The average Bonchev–Trinajstić information content (AvgIpc) is 2.55. The van der Waals surface area contributed by atoms with Gasteiger partial charge in [-0.2, -0.15) is 0 Å². The largest absolute Gasteiger partial charge is 0.351 e. The molecular weight excluding hydrogens is 392 g/mol. The summed E-state index contributed by atoms with van der Waals surface area (Å²) in [5.41, 5.74) is 1.43. The molecule has 0 saturated carbocycles. The molecule has 0 saturated heterocycles. The summed E-state index contributed by atoms with van der Waals surface area (Å²) in [6.45, 7) is 2.17. The first-order chi connectivity index (χ1) is 11.5. The fourth-order valence-corrected chi connectivity index (χ4v) is 2.66. The second kappa shape index (κ2) is 8.85. The monoisotopic (exact) mass is 408 g/mol. The summed E-state index contributed by atoms with van der Waals surface area (Å²) in [5, 5.41) is 6.00. The van der Waals surface area contributed by atoms with Gasteiger partial charge in [0, 0.05) is 17.4 Å². The molecule has 0 unspecified atom stereocenters. The molecule has 0 heterocycles. The zero-order chi connectivity index (χ0) is 17.5. The Morgan fingerprint density at radius 2 is 1.79 bits per heavy atom.